The molecule has 2 nitrogen and oxygen atoms in total. The molecule has 1 aliphatic heterocycles. The van der Waals surface area contributed by atoms with Gasteiger partial charge in [0.25, 0.3) is 0 Å². The van der Waals surface area contributed by atoms with Gasteiger partial charge in [-0.05, 0) is 99.6 Å². The van der Waals surface area contributed by atoms with Crippen molar-refractivity contribution in [3.8, 4) is 33.4 Å². The third kappa shape index (κ3) is 5.51. The van der Waals surface area contributed by atoms with Gasteiger partial charge in [0.15, 0.2) is 0 Å². The van der Waals surface area contributed by atoms with Gasteiger partial charge in [0.05, 0.1) is 6.04 Å². The quantitative estimate of drug-likeness (QED) is 0.171. The summed E-state index contributed by atoms with van der Waals surface area (Å²) < 4.78 is 0. The topological polar surface area (TPSA) is 6.48 Å². The lowest BCUT2D eigenvalue weighted by molar-refractivity contribution is 0.745. The number of rotatable bonds is 7. The van der Waals surface area contributed by atoms with E-state index in [2.05, 4.69) is 216 Å². The Hall–Kier alpha value is -6.38. The van der Waals surface area contributed by atoms with Crippen LogP contribution in [0.25, 0.3) is 33.4 Å². The molecule has 238 valence electrons. The first-order valence-electron chi connectivity index (χ1n) is 17.3. The van der Waals surface area contributed by atoms with Crippen LogP contribution >= 0.6 is 0 Å². The van der Waals surface area contributed by atoms with Crippen LogP contribution in [-0.2, 0) is 0 Å². The molecule has 0 amide bonds. The van der Waals surface area contributed by atoms with E-state index in [-0.39, 0.29) is 6.04 Å². The first kappa shape index (κ1) is 29.7. The molecule has 0 aromatic heterocycles. The van der Waals surface area contributed by atoms with E-state index >= 15 is 0 Å². The second-order valence-corrected chi connectivity index (χ2v) is 13.0. The van der Waals surface area contributed by atoms with Crippen molar-refractivity contribution in [1.82, 2.24) is 0 Å². The van der Waals surface area contributed by atoms with E-state index in [1.165, 1.54) is 50.3 Å². The largest absolute Gasteiger partial charge is 0.333 e. The van der Waals surface area contributed by atoms with Gasteiger partial charge in [0.1, 0.15) is 0 Å². The standard InChI is InChI=1S/C48H36N2/c1-4-12-35(13-5-1)37-20-27-42(28-21-37)49(41-16-8-3-9-17-41)43-29-24-39(25-30-43)40-26-33-48-46(34-40)45-18-10-11-19-47(45)50(48)44-31-22-38(23-32-44)36-14-6-2-7-15-36/h1-34,45,47H. The molecule has 1 aliphatic carbocycles. The average molecular weight is 641 g/mol. The Morgan fingerprint density at radius 2 is 0.820 bits per heavy atom. The van der Waals surface area contributed by atoms with Crippen LogP contribution in [0.3, 0.4) is 0 Å². The van der Waals surface area contributed by atoms with E-state index < -0.39 is 0 Å². The third-order valence-corrected chi connectivity index (χ3v) is 10.0. The summed E-state index contributed by atoms with van der Waals surface area (Å²) in [7, 11) is 0. The SMILES string of the molecule is C1=CC2c3cc(-c4ccc(N(c5ccccc5)c5ccc(-c6ccccc6)cc5)cc4)ccc3N(c3ccc(-c4ccccc4)cc3)C2C=C1. The molecule has 0 bridgehead atoms. The van der Waals surface area contributed by atoms with Crippen molar-refractivity contribution in [2.75, 3.05) is 9.80 Å². The molecule has 7 aromatic carbocycles. The molecule has 2 unspecified atom stereocenters. The monoisotopic (exact) mass is 640 g/mol. The zero-order valence-corrected chi connectivity index (χ0v) is 27.7. The summed E-state index contributed by atoms with van der Waals surface area (Å²) in [6.45, 7) is 0. The van der Waals surface area contributed by atoms with E-state index in [1.54, 1.807) is 0 Å². The molecule has 0 saturated heterocycles. The Balaban J connectivity index is 1.03. The molecule has 50 heavy (non-hydrogen) atoms. The molecule has 2 heteroatoms. The molecule has 7 aromatic rings. The highest BCUT2D eigenvalue weighted by molar-refractivity contribution is 5.83. The number of fused-ring (bicyclic) bond motifs is 3. The molecule has 9 rings (SSSR count). The van der Waals surface area contributed by atoms with Gasteiger partial charge < -0.3 is 9.80 Å². The van der Waals surface area contributed by atoms with Crippen molar-refractivity contribution >= 4 is 28.4 Å². The number of allylic oxidation sites excluding steroid dienone is 2. The Morgan fingerprint density at radius 3 is 1.40 bits per heavy atom. The Morgan fingerprint density at radius 1 is 0.380 bits per heavy atom. The fraction of sp³-hybridized carbons (Fsp3) is 0.0417. The van der Waals surface area contributed by atoms with Crippen LogP contribution in [-0.4, -0.2) is 6.04 Å². The maximum Gasteiger partial charge on any atom is 0.0629 e. The summed E-state index contributed by atoms with van der Waals surface area (Å²) in [5.74, 6) is 0.301. The normalized spacial score (nSPS) is 15.8. The predicted octanol–water partition coefficient (Wildman–Crippen LogP) is 12.9. The van der Waals surface area contributed by atoms with Crippen LogP contribution in [0.15, 0.2) is 206 Å². The van der Waals surface area contributed by atoms with Crippen molar-refractivity contribution in [3.63, 3.8) is 0 Å². The van der Waals surface area contributed by atoms with E-state index in [9.17, 15) is 0 Å². The number of para-hydroxylation sites is 1. The molecule has 0 spiro atoms. The van der Waals surface area contributed by atoms with Gasteiger partial charge in [-0.1, -0.05) is 146 Å². The smallest absolute Gasteiger partial charge is 0.0629 e. The van der Waals surface area contributed by atoms with Gasteiger partial charge in [-0.3, -0.25) is 0 Å². The van der Waals surface area contributed by atoms with Gasteiger partial charge in [0.2, 0.25) is 0 Å². The van der Waals surface area contributed by atoms with Crippen molar-refractivity contribution in [1.29, 1.82) is 0 Å². The van der Waals surface area contributed by atoms with Crippen molar-refractivity contribution in [2.45, 2.75) is 12.0 Å². The van der Waals surface area contributed by atoms with Crippen molar-refractivity contribution < 1.29 is 0 Å². The second kappa shape index (κ2) is 12.9. The summed E-state index contributed by atoms with van der Waals surface area (Å²) in [6, 6.07) is 65.9. The minimum absolute atomic E-state index is 0.253. The van der Waals surface area contributed by atoms with Crippen molar-refractivity contribution in [3.05, 3.63) is 212 Å². The molecule has 0 saturated carbocycles. The molecular formula is C48H36N2. The van der Waals surface area contributed by atoms with Gasteiger partial charge >= 0.3 is 0 Å². The minimum Gasteiger partial charge on any atom is -0.333 e. The number of hydrogen-bond acceptors (Lipinski definition) is 2. The maximum atomic E-state index is 2.50. The minimum atomic E-state index is 0.253. The molecule has 1 heterocycles. The summed E-state index contributed by atoms with van der Waals surface area (Å²) in [4.78, 5) is 4.83. The highest BCUT2D eigenvalue weighted by Gasteiger charge is 2.37. The number of nitrogens with zero attached hydrogens (tertiary/aromatic N) is 2. The first-order chi connectivity index (χ1) is 24.8. The molecule has 0 fully saturated rings. The number of anilines is 5. The molecule has 2 aliphatic rings. The predicted molar refractivity (Wildman–Crippen MR) is 211 cm³/mol. The zero-order chi connectivity index (χ0) is 33.3. The summed E-state index contributed by atoms with van der Waals surface area (Å²) in [5.41, 5.74) is 14.6. The summed E-state index contributed by atoms with van der Waals surface area (Å²) in [6.07, 6.45) is 9.08. The lowest BCUT2D eigenvalue weighted by Gasteiger charge is -2.28. The van der Waals surface area contributed by atoms with Gasteiger partial charge in [0, 0.05) is 34.4 Å². The van der Waals surface area contributed by atoms with Crippen LogP contribution in [0.5, 0.6) is 0 Å². The molecule has 2 atom stereocenters. The van der Waals surface area contributed by atoms with Crippen LogP contribution in [0, 0.1) is 0 Å². The number of benzene rings is 7. The van der Waals surface area contributed by atoms with Crippen LogP contribution in [0.4, 0.5) is 28.4 Å². The maximum absolute atomic E-state index is 2.50. The van der Waals surface area contributed by atoms with Gasteiger partial charge in [-0.2, -0.15) is 0 Å². The summed E-state index contributed by atoms with van der Waals surface area (Å²) >= 11 is 0. The van der Waals surface area contributed by atoms with Crippen molar-refractivity contribution in [2.24, 2.45) is 0 Å². The van der Waals surface area contributed by atoms with E-state index in [1.807, 2.05) is 0 Å². The van der Waals surface area contributed by atoms with Gasteiger partial charge in [-0.15, -0.1) is 0 Å². The second-order valence-electron chi connectivity index (χ2n) is 13.0. The van der Waals surface area contributed by atoms with E-state index in [0.717, 1.165) is 17.1 Å². The average Bonchev–Trinajstić information content (AvgIpc) is 3.53. The summed E-state index contributed by atoms with van der Waals surface area (Å²) in [5, 5.41) is 0. The first-order valence-corrected chi connectivity index (χ1v) is 17.3. The number of hydrogen-bond donors (Lipinski definition) is 0. The Labute approximate surface area is 294 Å². The molecule has 0 radical (unpaired) electrons. The van der Waals surface area contributed by atoms with E-state index in [4.69, 9.17) is 0 Å². The highest BCUT2D eigenvalue weighted by Crippen LogP contribution is 2.49. The Kier molecular flexibility index (Phi) is 7.68. The lowest BCUT2D eigenvalue weighted by atomic mass is 9.89. The van der Waals surface area contributed by atoms with E-state index in [0.29, 0.717) is 5.92 Å². The lowest BCUT2D eigenvalue weighted by Crippen LogP contribution is -2.28. The zero-order valence-electron chi connectivity index (χ0n) is 27.7. The van der Waals surface area contributed by atoms with Crippen LogP contribution in [0.2, 0.25) is 0 Å². The molecule has 0 N–H and O–H groups in total. The third-order valence-electron chi connectivity index (χ3n) is 10.0. The Bertz CT molecular complexity index is 2290. The van der Waals surface area contributed by atoms with Gasteiger partial charge in [-0.25, -0.2) is 0 Å². The fourth-order valence-electron chi connectivity index (χ4n) is 7.53. The molecular weight excluding hydrogens is 605 g/mol. The van der Waals surface area contributed by atoms with Crippen LogP contribution in [0.1, 0.15) is 11.5 Å². The highest BCUT2D eigenvalue weighted by atomic mass is 15.2. The fourth-order valence-corrected chi connectivity index (χ4v) is 7.53. The van der Waals surface area contributed by atoms with Crippen LogP contribution < -0.4 is 9.80 Å².